The fraction of sp³-hybridized carbons (Fsp3) is 0.417. The van der Waals surface area contributed by atoms with Crippen LogP contribution in [0.15, 0.2) is 29.2 Å². The third-order valence-electron chi connectivity index (χ3n) is 2.69. The van der Waals surface area contributed by atoms with Crippen molar-refractivity contribution in [3.8, 4) is 0 Å². The Morgan fingerprint density at radius 3 is 2.89 bits per heavy atom. The minimum atomic E-state index is -3.26. The zero-order valence-electron chi connectivity index (χ0n) is 9.53. The van der Waals surface area contributed by atoms with Crippen molar-refractivity contribution in [1.29, 1.82) is 0 Å². The number of alkyl halides is 2. The second kappa shape index (κ2) is 5.24. The third kappa shape index (κ3) is 3.00. The first-order valence-electron chi connectivity index (χ1n) is 5.53. The molecule has 0 bridgehead atoms. The highest BCUT2D eigenvalue weighted by atomic mass is 32.2. The van der Waals surface area contributed by atoms with Crippen LogP contribution < -0.4 is 5.32 Å². The fourth-order valence-corrected chi connectivity index (χ4v) is 2.93. The van der Waals surface area contributed by atoms with E-state index in [4.69, 9.17) is 5.11 Å². The highest BCUT2D eigenvalue weighted by Gasteiger charge is 2.32. The third-order valence-corrected chi connectivity index (χ3v) is 4.01. The summed E-state index contributed by atoms with van der Waals surface area (Å²) in [5.41, 5.74) is 1.07. The Kier molecular flexibility index (Phi) is 3.87. The SMILES string of the molecule is O=C(NCC(F)(F)CO)C1Cc2ccccc2S1. The van der Waals surface area contributed by atoms with Crippen LogP contribution in [-0.4, -0.2) is 35.3 Å². The summed E-state index contributed by atoms with van der Waals surface area (Å²) < 4.78 is 25.6. The predicted octanol–water partition coefficient (Wildman–Crippen LogP) is 1.45. The second-order valence-corrected chi connectivity index (χ2v) is 5.39. The van der Waals surface area contributed by atoms with E-state index in [1.807, 2.05) is 24.3 Å². The number of nitrogens with one attached hydrogen (secondary N) is 1. The number of hydrogen-bond donors (Lipinski definition) is 2. The molecule has 0 aromatic heterocycles. The average molecular weight is 273 g/mol. The summed E-state index contributed by atoms with van der Waals surface area (Å²) in [4.78, 5) is 12.7. The molecule has 3 nitrogen and oxygen atoms in total. The van der Waals surface area contributed by atoms with Gasteiger partial charge in [0.1, 0.15) is 6.61 Å². The molecule has 0 spiro atoms. The van der Waals surface area contributed by atoms with Crippen molar-refractivity contribution in [3.63, 3.8) is 0 Å². The number of rotatable bonds is 4. The molecule has 0 aliphatic carbocycles. The van der Waals surface area contributed by atoms with E-state index in [1.54, 1.807) is 0 Å². The van der Waals surface area contributed by atoms with E-state index in [2.05, 4.69) is 5.32 Å². The molecule has 2 N–H and O–H groups in total. The lowest BCUT2D eigenvalue weighted by molar-refractivity contribution is -0.123. The van der Waals surface area contributed by atoms with Gasteiger partial charge in [-0.15, -0.1) is 11.8 Å². The molecule has 1 aliphatic rings. The van der Waals surface area contributed by atoms with Crippen LogP contribution in [0.2, 0.25) is 0 Å². The smallest absolute Gasteiger partial charge is 0.287 e. The first-order chi connectivity index (χ1) is 8.52. The first kappa shape index (κ1) is 13.3. The zero-order chi connectivity index (χ0) is 13.2. The van der Waals surface area contributed by atoms with E-state index in [-0.39, 0.29) is 5.25 Å². The minimum Gasteiger partial charge on any atom is -0.390 e. The normalized spacial score (nSPS) is 18.5. The Labute approximate surface area is 108 Å². The molecule has 1 amide bonds. The number of benzene rings is 1. The van der Waals surface area contributed by atoms with Crippen LogP contribution in [0, 0.1) is 0 Å². The van der Waals surface area contributed by atoms with E-state index in [9.17, 15) is 13.6 Å². The predicted molar refractivity (Wildman–Crippen MR) is 64.8 cm³/mol. The van der Waals surface area contributed by atoms with Gasteiger partial charge in [-0.1, -0.05) is 18.2 Å². The molecule has 1 aromatic rings. The van der Waals surface area contributed by atoms with Crippen LogP contribution in [0.3, 0.4) is 0 Å². The van der Waals surface area contributed by atoms with Gasteiger partial charge in [0.15, 0.2) is 0 Å². The molecule has 1 unspecified atom stereocenters. The topological polar surface area (TPSA) is 49.3 Å². The number of carbonyl (C=O) groups excluding carboxylic acids is 1. The van der Waals surface area contributed by atoms with Gasteiger partial charge >= 0.3 is 0 Å². The van der Waals surface area contributed by atoms with Gasteiger partial charge in [-0.25, -0.2) is 8.78 Å². The lowest BCUT2D eigenvalue weighted by Gasteiger charge is -2.15. The number of halogens is 2. The van der Waals surface area contributed by atoms with Crippen LogP contribution in [0.4, 0.5) is 8.78 Å². The highest BCUT2D eigenvalue weighted by Crippen LogP contribution is 2.36. The van der Waals surface area contributed by atoms with Crippen molar-refractivity contribution in [3.05, 3.63) is 29.8 Å². The van der Waals surface area contributed by atoms with Gasteiger partial charge in [0.2, 0.25) is 5.91 Å². The maximum Gasteiger partial charge on any atom is 0.287 e. The number of thioether (sulfide) groups is 1. The molecule has 18 heavy (non-hydrogen) atoms. The Balaban J connectivity index is 1.90. The zero-order valence-corrected chi connectivity index (χ0v) is 10.3. The van der Waals surface area contributed by atoms with Gasteiger partial charge in [-0.3, -0.25) is 4.79 Å². The Morgan fingerprint density at radius 2 is 2.22 bits per heavy atom. The molecule has 0 saturated heterocycles. The van der Waals surface area contributed by atoms with Crippen molar-refractivity contribution < 1.29 is 18.7 Å². The quantitative estimate of drug-likeness (QED) is 0.873. The fourth-order valence-electron chi connectivity index (χ4n) is 1.71. The minimum absolute atomic E-state index is 0.364. The molecular weight excluding hydrogens is 260 g/mol. The van der Waals surface area contributed by atoms with E-state index in [0.29, 0.717) is 6.42 Å². The van der Waals surface area contributed by atoms with Crippen molar-refractivity contribution in [2.75, 3.05) is 13.2 Å². The van der Waals surface area contributed by atoms with Crippen molar-refractivity contribution in [2.45, 2.75) is 22.5 Å². The first-order valence-corrected chi connectivity index (χ1v) is 6.41. The van der Waals surface area contributed by atoms with Crippen molar-refractivity contribution in [1.82, 2.24) is 5.32 Å². The van der Waals surface area contributed by atoms with E-state index in [1.165, 1.54) is 11.8 Å². The average Bonchev–Trinajstić information content (AvgIpc) is 2.80. The van der Waals surface area contributed by atoms with Crippen LogP contribution in [0.25, 0.3) is 0 Å². The summed E-state index contributed by atoms with van der Waals surface area (Å²) in [7, 11) is 0. The summed E-state index contributed by atoms with van der Waals surface area (Å²) in [6.07, 6.45) is 0.553. The van der Waals surface area contributed by atoms with E-state index < -0.39 is 25.0 Å². The molecule has 0 radical (unpaired) electrons. The molecule has 0 saturated carbocycles. The van der Waals surface area contributed by atoms with Crippen molar-refractivity contribution in [2.24, 2.45) is 0 Å². The van der Waals surface area contributed by atoms with Crippen LogP contribution in [-0.2, 0) is 11.2 Å². The molecule has 6 heteroatoms. The van der Waals surface area contributed by atoms with Crippen molar-refractivity contribution >= 4 is 17.7 Å². The molecule has 1 atom stereocenters. The molecule has 2 rings (SSSR count). The van der Waals surface area contributed by atoms with Crippen LogP contribution in [0.1, 0.15) is 5.56 Å². The summed E-state index contributed by atoms with van der Waals surface area (Å²) in [5.74, 6) is -3.67. The van der Waals surface area contributed by atoms with Gasteiger partial charge in [0.25, 0.3) is 5.92 Å². The monoisotopic (exact) mass is 273 g/mol. The lowest BCUT2D eigenvalue weighted by Crippen LogP contribution is -2.42. The maximum atomic E-state index is 12.8. The Hall–Kier alpha value is -1.14. The summed E-state index contributed by atoms with van der Waals surface area (Å²) >= 11 is 1.38. The molecule has 1 aliphatic heterocycles. The van der Waals surface area contributed by atoms with Crippen LogP contribution >= 0.6 is 11.8 Å². The number of aliphatic hydroxyl groups excluding tert-OH is 1. The van der Waals surface area contributed by atoms with Crippen LogP contribution in [0.5, 0.6) is 0 Å². The number of hydrogen-bond acceptors (Lipinski definition) is 3. The number of carbonyl (C=O) groups is 1. The van der Waals surface area contributed by atoms with Gasteiger partial charge in [0, 0.05) is 4.90 Å². The van der Waals surface area contributed by atoms with E-state index >= 15 is 0 Å². The number of amides is 1. The van der Waals surface area contributed by atoms with Gasteiger partial charge < -0.3 is 10.4 Å². The second-order valence-electron chi connectivity index (χ2n) is 4.15. The van der Waals surface area contributed by atoms with Gasteiger partial charge in [-0.2, -0.15) is 0 Å². The Bertz CT molecular complexity index is 428. The standard InChI is InChI=1S/C12H13F2NO2S/c13-12(14,7-16)6-15-11(17)10-5-8-3-1-2-4-9(8)18-10/h1-4,10,16H,5-7H2,(H,15,17). The van der Waals surface area contributed by atoms with Gasteiger partial charge in [-0.05, 0) is 18.1 Å². The van der Waals surface area contributed by atoms with E-state index in [0.717, 1.165) is 10.5 Å². The molecule has 1 aromatic carbocycles. The number of fused-ring (bicyclic) bond motifs is 1. The Morgan fingerprint density at radius 1 is 1.50 bits per heavy atom. The molecule has 1 heterocycles. The molecule has 98 valence electrons. The maximum absolute atomic E-state index is 12.8. The number of aliphatic hydroxyl groups is 1. The molecule has 0 fully saturated rings. The molecular formula is C12H13F2NO2S. The largest absolute Gasteiger partial charge is 0.390 e. The summed E-state index contributed by atoms with van der Waals surface area (Å²) in [6.45, 7) is -2.08. The summed E-state index contributed by atoms with van der Waals surface area (Å²) in [6, 6.07) is 7.61. The lowest BCUT2D eigenvalue weighted by atomic mass is 10.1. The highest BCUT2D eigenvalue weighted by molar-refractivity contribution is 8.01. The summed E-state index contributed by atoms with van der Waals surface area (Å²) in [5, 5.41) is 10.2. The van der Waals surface area contributed by atoms with Gasteiger partial charge in [0.05, 0.1) is 11.8 Å².